The molecule has 0 bridgehead atoms. The highest BCUT2D eigenvalue weighted by Crippen LogP contribution is 2.12. The van der Waals surface area contributed by atoms with Crippen molar-refractivity contribution in [3.8, 4) is 0 Å². The molecule has 0 saturated carbocycles. The maximum absolute atomic E-state index is 12.9. The molecular formula is C8H6BrFO2. The molecule has 0 spiro atoms. The highest BCUT2D eigenvalue weighted by molar-refractivity contribution is 9.06. The number of rotatable bonds is 1. The zero-order valence-corrected chi connectivity index (χ0v) is 7.89. The second kappa shape index (κ2) is 3.67. The van der Waals surface area contributed by atoms with Crippen molar-refractivity contribution in [2.75, 3.05) is 0 Å². The van der Waals surface area contributed by atoms with Crippen LogP contribution in [-0.2, 0) is 3.83 Å². The van der Waals surface area contributed by atoms with E-state index in [1.54, 1.807) is 13.0 Å². The Kier molecular flexibility index (Phi) is 2.81. The normalized spacial score (nSPS) is 9.58. The number of hydrogen-bond donors (Lipinski definition) is 0. The van der Waals surface area contributed by atoms with Crippen LogP contribution in [0.2, 0.25) is 0 Å². The third kappa shape index (κ3) is 1.82. The smallest absolute Gasteiger partial charge is 0.352 e. The molecule has 1 aromatic carbocycles. The van der Waals surface area contributed by atoms with Gasteiger partial charge in [-0.1, -0.05) is 11.6 Å². The average molecular weight is 233 g/mol. The Morgan fingerprint density at radius 3 is 2.83 bits per heavy atom. The van der Waals surface area contributed by atoms with Gasteiger partial charge in [0.25, 0.3) is 0 Å². The summed E-state index contributed by atoms with van der Waals surface area (Å²) in [5, 5.41) is 0. The van der Waals surface area contributed by atoms with E-state index in [4.69, 9.17) is 0 Å². The lowest BCUT2D eigenvalue weighted by Crippen LogP contribution is -2.01. The van der Waals surface area contributed by atoms with Gasteiger partial charge in [-0.05, 0) is 19.1 Å². The molecule has 0 aliphatic rings. The topological polar surface area (TPSA) is 26.3 Å². The fraction of sp³-hybridized carbons (Fsp3) is 0.125. The van der Waals surface area contributed by atoms with Crippen LogP contribution in [0.5, 0.6) is 0 Å². The Morgan fingerprint density at radius 2 is 2.25 bits per heavy atom. The van der Waals surface area contributed by atoms with Gasteiger partial charge in [0.2, 0.25) is 0 Å². The van der Waals surface area contributed by atoms with E-state index >= 15 is 0 Å². The van der Waals surface area contributed by atoms with E-state index in [-0.39, 0.29) is 5.56 Å². The van der Waals surface area contributed by atoms with Gasteiger partial charge < -0.3 is 3.83 Å². The molecule has 1 rings (SSSR count). The Morgan fingerprint density at radius 1 is 1.58 bits per heavy atom. The van der Waals surface area contributed by atoms with E-state index in [0.717, 1.165) is 5.56 Å². The van der Waals surface area contributed by atoms with Crippen LogP contribution in [0.4, 0.5) is 4.39 Å². The highest BCUT2D eigenvalue weighted by Gasteiger charge is 2.11. The minimum Gasteiger partial charge on any atom is -0.380 e. The summed E-state index contributed by atoms with van der Waals surface area (Å²) in [6.07, 6.45) is 0. The monoisotopic (exact) mass is 232 g/mol. The Balaban J connectivity index is 3.13. The number of benzene rings is 1. The largest absolute Gasteiger partial charge is 0.380 e. The van der Waals surface area contributed by atoms with Crippen LogP contribution in [-0.4, -0.2) is 5.97 Å². The zero-order valence-electron chi connectivity index (χ0n) is 6.30. The van der Waals surface area contributed by atoms with E-state index < -0.39 is 11.8 Å². The van der Waals surface area contributed by atoms with Gasteiger partial charge in [-0.3, -0.25) is 0 Å². The average Bonchev–Trinajstić information content (AvgIpc) is 2.08. The number of hydrogen-bond acceptors (Lipinski definition) is 2. The van der Waals surface area contributed by atoms with Gasteiger partial charge >= 0.3 is 5.97 Å². The molecule has 64 valence electrons. The minimum atomic E-state index is -0.726. The molecule has 1 aromatic rings. The van der Waals surface area contributed by atoms with Crippen LogP contribution in [0.25, 0.3) is 0 Å². The fourth-order valence-electron chi connectivity index (χ4n) is 0.837. The van der Waals surface area contributed by atoms with Gasteiger partial charge in [0, 0.05) is 0 Å². The molecule has 4 heteroatoms. The molecule has 0 aliphatic carbocycles. The molecule has 0 saturated heterocycles. The number of carbonyl (C=O) groups is 1. The van der Waals surface area contributed by atoms with E-state index in [2.05, 4.69) is 20.1 Å². The number of aryl methyl sites for hydroxylation is 1. The second-order valence-electron chi connectivity index (χ2n) is 2.35. The highest BCUT2D eigenvalue weighted by atomic mass is 79.9. The summed E-state index contributed by atoms with van der Waals surface area (Å²) in [7, 11) is 0. The standard InChI is InChI=1S/C8H6BrFO2/c1-5-2-3-7(10)6(4-5)8(11)12-9/h2-4H,1H3. The third-order valence-corrected chi connectivity index (χ3v) is 1.71. The summed E-state index contributed by atoms with van der Waals surface area (Å²) in [6, 6.07) is 4.24. The predicted octanol–water partition coefficient (Wildman–Crippen LogP) is 2.60. The first-order valence-corrected chi connectivity index (χ1v) is 3.89. The summed E-state index contributed by atoms with van der Waals surface area (Å²) in [6.45, 7) is 1.77. The maximum atomic E-state index is 12.9. The zero-order chi connectivity index (χ0) is 9.14. The molecular weight excluding hydrogens is 227 g/mol. The van der Waals surface area contributed by atoms with Crippen molar-refractivity contribution in [3.63, 3.8) is 0 Å². The van der Waals surface area contributed by atoms with Crippen molar-refractivity contribution in [2.24, 2.45) is 0 Å². The van der Waals surface area contributed by atoms with Crippen molar-refractivity contribution >= 4 is 22.2 Å². The summed E-state index contributed by atoms with van der Waals surface area (Å²) in [4.78, 5) is 10.9. The van der Waals surface area contributed by atoms with Crippen molar-refractivity contribution in [3.05, 3.63) is 35.1 Å². The quantitative estimate of drug-likeness (QED) is 0.745. The molecule has 0 amide bonds. The molecule has 0 unspecified atom stereocenters. The number of carbonyl (C=O) groups excluding carboxylic acids is 1. The summed E-state index contributed by atoms with van der Waals surface area (Å²) in [5.41, 5.74) is 0.746. The SMILES string of the molecule is Cc1ccc(F)c(C(=O)OBr)c1. The summed E-state index contributed by atoms with van der Waals surface area (Å²) in [5.74, 6) is -1.30. The van der Waals surface area contributed by atoms with Crippen molar-refractivity contribution in [1.82, 2.24) is 0 Å². The summed E-state index contributed by atoms with van der Waals surface area (Å²) >= 11 is 2.49. The molecule has 0 aliphatic heterocycles. The third-order valence-electron chi connectivity index (χ3n) is 1.41. The minimum absolute atomic E-state index is 0.0631. The predicted molar refractivity (Wildman–Crippen MR) is 45.5 cm³/mol. The van der Waals surface area contributed by atoms with Gasteiger partial charge in [-0.2, -0.15) is 0 Å². The first-order chi connectivity index (χ1) is 5.65. The van der Waals surface area contributed by atoms with Gasteiger partial charge in [-0.25, -0.2) is 9.18 Å². The lowest BCUT2D eigenvalue weighted by atomic mass is 10.1. The van der Waals surface area contributed by atoms with Crippen molar-refractivity contribution in [2.45, 2.75) is 6.92 Å². The van der Waals surface area contributed by atoms with Crippen LogP contribution in [0.15, 0.2) is 18.2 Å². The maximum Gasteiger partial charge on any atom is 0.352 e. The van der Waals surface area contributed by atoms with E-state index in [1.165, 1.54) is 12.1 Å². The molecule has 0 aromatic heterocycles. The van der Waals surface area contributed by atoms with Crippen LogP contribution in [0, 0.1) is 12.7 Å². The molecule has 0 atom stereocenters. The van der Waals surface area contributed by atoms with Gasteiger partial charge in [0.15, 0.2) is 16.3 Å². The lowest BCUT2D eigenvalue weighted by Gasteiger charge is -1.99. The van der Waals surface area contributed by atoms with Crippen molar-refractivity contribution in [1.29, 1.82) is 0 Å². The van der Waals surface area contributed by atoms with Gasteiger partial charge in [0.1, 0.15) is 5.82 Å². The molecule has 0 fully saturated rings. The van der Waals surface area contributed by atoms with Crippen LogP contribution in [0.3, 0.4) is 0 Å². The second-order valence-corrected chi connectivity index (χ2v) is 2.67. The molecule has 0 heterocycles. The van der Waals surface area contributed by atoms with E-state index in [1.807, 2.05) is 0 Å². The van der Waals surface area contributed by atoms with Crippen molar-refractivity contribution < 1.29 is 13.0 Å². The molecule has 2 nitrogen and oxygen atoms in total. The number of halogens is 2. The molecule has 0 radical (unpaired) electrons. The van der Waals surface area contributed by atoms with Crippen LogP contribution < -0.4 is 0 Å². The first-order valence-electron chi connectivity index (χ1n) is 3.24. The Bertz CT molecular complexity index is 312. The molecule has 12 heavy (non-hydrogen) atoms. The summed E-state index contributed by atoms with van der Waals surface area (Å²) < 4.78 is 17.1. The fourth-order valence-corrected chi connectivity index (χ4v) is 1.01. The van der Waals surface area contributed by atoms with Gasteiger partial charge in [-0.15, -0.1) is 0 Å². The van der Waals surface area contributed by atoms with Gasteiger partial charge in [0.05, 0.1) is 5.56 Å². The van der Waals surface area contributed by atoms with Crippen LogP contribution in [0.1, 0.15) is 15.9 Å². The van der Waals surface area contributed by atoms with E-state index in [9.17, 15) is 9.18 Å². The van der Waals surface area contributed by atoms with Crippen LogP contribution >= 0.6 is 16.3 Å². The lowest BCUT2D eigenvalue weighted by molar-refractivity contribution is 0.0777. The Hall–Kier alpha value is -0.900. The molecule has 0 N–H and O–H groups in total. The van der Waals surface area contributed by atoms with E-state index in [0.29, 0.717) is 0 Å². The first kappa shape index (κ1) is 9.19. The Labute approximate surface area is 77.8 Å².